The Balaban J connectivity index is 1.51. The van der Waals surface area contributed by atoms with Crippen molar-refractivity contribution in [1.82, 2.24) is 9.88 Å². The molecule has 0 radical (unpaired) electrons. The van der Waals surface area contributed by atoms with Gasteiger partial charge in [0.1, 0.15) is 6.07 Å². The molecule has 1 saturated carbocycles. The van der Waals surface area contributed by atoms with E-state index in [4.69, 9.17) is 16.0 Å². The zero-order valence-corrected chi connectivity index (χ0v) is 16.9. The molecule has 2 fully saturated rings. The molecular weight excluding hydrogens is 372 g/mol. The summed E-state index contributed by atoms with van der Waals surface area (Å²) < 4.78 is 6.03. The first-order chi connectivity index (χ1) is 13.7. The Hall–Kier alpha value is -2.03. The number of nitriles is 1. The van der Waals surface area contributed by atoms with Crippen LogP contribution in [0.25, 0.3) is 0 Å². The lowest BCUT2D eigenvalue weighted by atomic mass is 9.89. The zero-order chi connectivity index (χ0) is 19.3. The number of aromatic nitrogens is 1. The van der Waals surface area contributed by atoms with Crippen LogP contribution in [0, 0.1) is 11.3 Å². The molecule has 0 spiro atoms. The van der Waals surface area contributed by atoms with E-state index >= 15 is 0 Å². The molecule has 1 aliphatic heterocycles. The second-order valence-corrected chi connectivity index (χ2v) is 8.30. The minimum absolute atomic E-state index is 0.217. The fraction of sp³-hybridized carbons (Fsp3) is 0.545. The first-order valence-corrected chi connectivity index (χ1v) is 10.8. The van der Waals surface area contributed by atoms with E-state index in [1.807, 2.05) is 12.1 Å². The maximum absolute atomic E-state index is 9.52. The number of oxazole rings is 1. The number of nitrogens with zero attached hydrogens (tertiary/aromatic N) is 3. The summed E-state index contributed by atoms with van der Waals surface area (Å²) in [4.78, 5) is 6.98. The minimum atomic E-state index is 0.217. The van der Waals surface area contributed by atoms with Gasteiger partial charge in [0, 0.05) is 17.5 Å². The maximum atomic E-state index is 9.52. The van der Waals surface area contributed by atoms with Crippen LogP contribution >= 0.6 is 11.6 Å². The van der Waals surface area contributed by atoms with Crippen molar-refractivity contribution < 1.29 is 4.42 Å². The summed E-state index contributed by atoms with van der Waals surface area (Å²) in [5.41, 5.74) is 1.60. The highest BCUT2D eigenvalue weighted by atomic mass is 35.5. The third-order valence-electron chi connectivity index (χ3n) is 6.00. The molecule has 6 heteroatoms. The van der Waals surface area contributed by atoms with Gasteiger partial charge < -0.3 is 9.73 Å². The molecule has 1 aliphatic carbocycles. The molecule has 1 N–H and O–H groups in total. The van der Waals surface area contributed by atoms with E-state index in [1.165, 1.54) is 37.7 Å². The summed E-state index contributed by atoms with van der Waals surface area (Å²) in [5, 5.41) is 13.7. The average Bonchev–Trinajstić information content (AvgIpc) is 3.40. The molecule has 5 nitrogen and oxygen atoms in total. The molecule has 2 aromatic rings. The van der Waals surface area contributed by atoms with Crippen molar-refractivity contribution >= 4 is 17.5 Å². The van der Waals surface area contributed by atoms with Crippen molar-refractivity contribution in [2.75, 3.05) is 25.0 Å². The Morgan fingerprint density at radius 3 is 2.54 bits per heavy atom. The first-order valence-electron chi connectivity index (χ1n) is 10.4. The highest BCUT2D eigenvalue weighted by Crippen LogP contribution is 2.34. The van der Waals surface area contributed by atoms with Crippen molar-refractivity contribution in [3.05, 3.63) is 46.4 Å². The standard InChI is InChI=1S/C22H27ClN4O/c23-18-10-8-16(9-11-18)20(27-12-4-5-13-27)15-25-22-19(14-24)26-21(28-22)17-6-2-1-3-7-17/h8-11,17,20,25H,1-7,12-13,15H2. The molecule has 0 bridgehead atoms. The van der Waals surface area contributed by atoms with E-state index in [2.05, 4.69) is 33.4 Å². The van der Waals surface area contributed by atoms with Gasteiger partial charge in [-0.2, -0.15) is 5.26 Å². The summed E-state index contributed by atoms with van der Waals surface area (Å²) in [7, 11) is 0. The molecule has 4 rings (SSSR count). The Morgan fingerprint density at radius 1 is 1.14 bits per heavy atom. The quantitative estimate of drug-likeness (QED) is 0.696. The second-order valence-electron chi connectivity index (χ2n) is 7.87. The third kappa shape index (κ3) is 4.34. The summed E-state index contributed by atoms with van der Waals surface area (Å²) in [6.45, 7) is 2.85. The van der Waals surface area contributed by atoms with Crippen molar-refractivity contribution in [2.24, 2.45) is 0 Å². The van der Waals surface area contributed by atoms with Crippen molar-refractivity contribution in [1.29, 1.82) is 5.26 Å². The van der Waals surface area contributed by atoms with Crippen molar-refractivity contribution in [3.63, 3.8) is 0 Å². The van der Waals surface area contributed by atoms with E-state index in [0.717, 1.165) is 36.8 Å². The smallest absolute Gasteiger partial charge is 0.232 e. The molecular formula is C22H27ClN4O. The van der Waals surface area contributed by atoms with Gasteiger partial charge in [-0.05, 0) is 56.5 Å². The lowest BCUT2D eigenvalue weighted by molar-refractivity contribution is 0.255. The van der Waals surface area contributed by atoms with E-state index in [-0.39, 0.29) is 6.04 Å². The zero-order valence-electron chi connectivity index (χ0n) is 16.2. The van der Waals surface area contributed by atoms with Crippen LogP contribution in [0.4, 0.5) is 5.88 Å². The minimum Gasteiger partial charge on any atom is -0.424 e. The molecule has 1 aromatic heterocycles. The topological polar surface area (TPSA) is 65.1 Å². The SMILES string of the molecule is N#Cc1nc(C2CCCCC2)oc1NCC(c1ccc(Cl)cc1)N1CCCC1. The van der Waals surface area contributed by atoms with Gasteiger partial charge in [-0.1, -0.05) is 43.0 Å². The molecule has 2 heterocycles. The van der Waals surface area contributed by atoms with Gasteiger partial charge in [-0.25, -0.2) is 4.98 Å². The summed E-state index contributed by atoms with van der Waals surface area (Å²) in [5.74, 6) is 1.59. The number of hydrogen-bond donors (Lipinski definition) is 1. The van der Waals surface area contributed by atoms with E-state index in [0.29, 0.717) is 24.0 Å². The Bertz CT molecular complexity index is 814. The fourth-order valence-electron chi connectivity index (χ4n) is 4.44. The molecule has 2 aliphatic rings. The fourth-order valence-corrected chi connectivity index (χ4v) is 4.57. The normalized spacial score (nSPS) is 19.4. The van der Waals surface area contributed by atoms with Gasteiger partial charge in [0.05, 0.1) is 6.04 Å². The number of halogens is 1. The van der Waals surface area contributed by atoms with Gasteiger partial charge in [0.25, 0.3) is 0 Å². The summed E-state index contributed by atoms with van der Waals surface area (Å²) >= 11 is 6.08. The van der Waals surface area contributed by atoms with Crippen LogP contribution in [0.15, 0.2) is 28.7 Å². The highest BCUT2D eigenvalue weighted by Gasteiger charge is 2.26. The molecule has 1 aromatic carbocycles. The number of anilines is 1. The van der Waals surface area contributed by atoms with Crippen LogP contribution in [0.5, 0.6) is 0 Å². The molecule has 1 saturated heterocycles. The van der Waals surface area contributed by atoms with Crippen LogP contribution in [0.2, 0.25) is 5.02 Å². The Morgan fingerprint density at radius 2 is 1.86 bits per heavy atom. The van der Waals surface area contributed by atoms with Gasteiger partial charge in [-0.3, -0.25) is 4.90 Å². The molecule has 28 heavy (non-hydrogen) atoms. The van der Waals surface area contributed by atoms with Crippen LogP contribution < -0.4 is 5.32 Å². The predicted octanol–water partition coefficient (Wildman–Crippen LogP) is 5.50. The van der Waals surface area contributed by atoms with Crippen LogP contribution in [-0.4, -0.2) is 29.5 Å². The molecule has 0 amide bonds. The van der Waals surface area contributed by atoms with E-state index in [9.17, 15) is 5.26 Å². The number of benzene rings is 1. The van der Waals surface area contributed by atoms with Gasteiger partial charge in [-0.15, -0.1) is 0 Å². The Kier molecular flexibility index (Phi) is 6.19. The maximum Gasteiger partial charge on any atom is 0.232 e. The largest absolute Gasteiger partial charge is 0.424 e. The van der Waals surface area contributed by atoms with Crippen molar-refractivity contribution in [3.8, 4) is 6.07 Å². The molecule has 1 unspecified atom stereocenters. The number of rotatable bonds is 6. The van der Waals surface area contributed by atoms with E-state index in [1.54, 1.807) is 0 Å². The monoisotopic (exact) mass is 398 g/mol. The van der Waals surface area contributed by atoms with Crippen LogP contribution in [0.1, 0.15) is 74.1 Å². The van der Waals surface area contributed by atoms with Gasteiger partial charge >= 0.3 is 0 Å². The number of likely N-dealkylation sites (tertiary alicyclic amines) is 1. The summed E-state index contributed by atoms with van der Waals surface area (Å²) in [6.07, 6.45) is 8.37. The number of hydrogen-bond acceptors (Lipinski definition) is 5. The lowest BCUT2D eigenvalue weighted by Gasteiger charge is -2.28. The first kappa shape index (κ1) is 19.3. The number of nitrogens with one attached hydrogen (secondary N) is 1. The Labute approximate surface area is 171 Å². The molecule has 1 atom stereocenters. The van der Waals surface area contributed by atoms with Crippen LogP contribution in [-0.2, 0) is 0 Å². The molecule has 148 valence electrons. The van der Waals surface area contributed by atoms with E-state index < -0.39 is 0 Å². The average molecular weight is 399 g/mol. The van der Waals surface area contributed by atoms with Gasteiger partial charge in [0.2, 0.25) is 17.5 Å². The van der Waals surface area contributed by atoms with Gasteiger partial charge in [0.15, 0.2) is 0 Å². The third-order valence-corrected chi connectivity index (χ3v) is 6.25. The lowest BCUT2D eigenvalue weighted by Crippen LogP contribution is -2.31. The predicted molar refractivity (Wildman–Crippen MR) is 111 cm³/mol. The van der Waals surface area contributed by atoms with Crippen LogP contribution in [0.3, 0.4) is 0 Å². The van der Waals surface area contributed by atoms with Crippen molar-refractivity contribution in [2.45, 2.75) is 56.9 Å². The second kappa shape index (κ2) is 8.98. The summed E-state index contributed by atoms with van der Waals surface area (Å²) in [6, 6.07) is 10.5. The highest BCUT2D eigenvalue weighted by molar-refractivity contribution is 6.30.